The minimum Gasteiger partial charge on any atom is -0.341 e. The van der Waals surface area contributed by atoms with Gasteiger partial charge in [0.25, 0.3) is 0 Å². The third-order valence-corrected chi connectivity index (χ3v) is 4.38. The number of hydrogen-bond donors (Lipinski definition) is 1. The lowest BCUT2D eigenvalue weighted by Crippen LogP contribution is -1.96. The predicted molar refractivity (Wildman–Crippen MR) is 102 cm³/mol. The lowest BCUT2D eigenvalue weighted by Gasteiger charge is -2.02. The number of unbranched alkanes of at least 4 members (excludes halogenated alkanes) is 1. The van der Waals surface area contributed by atoms with Crippen LogP contribution in [0.4, 0.5) is 0 Å². The lowest BCUT2D eigenvalue weighted by atomic mass is 10.1. The first-order chi connectivity index (χ1) is 12.3. The summed E-state index contributed by atoms with van der Waals surface area (Å²) in [5.74, 6) is 1.33. The molecule has 0 spiro atoms. The molecular formula is C22H24N2O. The number of imidazole rings is 1. The molecule has 0 saturated carbocycles. The van der Waals surface area contributed by atoms with Gasteiger partial charge in [0, 0.05) is 30.4 Å². The van der Waals surface area contributed by atoms with Gasteiger partial charge in [-0.25, -0.2) is 4.98 Å². The summed E-state index contributed by atoms with van der Waals surface area (Å²) in [6, 6.07) is 20.6. The third kappa shape index (κ3) is 4.44. The van der Waals surface area contributed by atoms with Crippen LogP contribution in [0.1, 0.15) is 38.4 Å². The first-order valence-electron chi connectivity index (χ1n) is 8.99. The van der Waals surface area contributed by atoms with Crippen molar-refractivity contribution in [1.82, 2.24) is 9.97 Å². The number of aromatic nitrogens is 2. The second-order valence-corrected chi connectivity index (χ2v) is 6.24. The van der Waals surface area contributed by atoms with Crippen molar-refractivity contribution in [3.8, 4) is 22.5 Å². The Labute approximate surface area is 149 Å². The fourth-order valence-corrected chi connectivity index (χ4v) is 2.95. The number of carbonyl (C=O) groups excluding carboxylic acids is 1. The molecule has 0 aliphatic carbocycles. The number of nitrogens with one attached hydrogen (secondary N) is 1. The lowest BCUT2D eigenvalue weighted by molar-refractivity contribution is -0.118. The smallest absolute Gasteiger partial charge is 0.132 e. The zero-order valence-corrected chi connectivity index (χ0v) is 14.7. The molecule has 3 heteroatoms. The maximum Gasteiger partial charge on any atom is 0.132 e. The van der Waals surface area contributed by atoms with Crippen molar-refractivity contribution < 1.29 is 4.79 Å². The fourth-order valence-electron chi connectivity index (χ4n) is 2.95. The van der Waals surface area contributed by atoms with E-state index in [1.807, 2.05) is 43.3 Å². The van der Waals surface area contributed by atoms with E-state index in [2.05, 4.69) is 29.2 Å². The third-order valence-electron chi connectivity index (χ3n) is 4.38. The van der Waals surface area contributed by atoms with Gasteiger partial charge in [0.2, 0.25) is 0 Å². The van der Waals surface area contributed by atoms with Crippen molar-refractivity contribution in [2.75, 3.05) is 0 Å². The molecule has 0 radical (unpaired) electrons. The number of aromatic amines is 1. The van der Waals surface area contributed by atoms with Gasteiger partial charge >= 0.3 is 0 Å². The second kappa shape index (κ2) is 8.43. The van der Waals surface area contributed by atoms with E-state index in [0.717, 1.165) is 47.6 Å². The van der Waals surface area contributed by atoms with Crippen LogP contribution in [0.5, 0.6) is 0 Å². The Hall–Kier alpha value is -2.68. The molecule has 1 aromatic heterocycles. The average Bonchev–Trinajstić information content (AvgIpc) is 3.10. The number of carbonyl (C=O) groups is 1. The van der Waals surface area contributed by atoms with Gasteiger partial charge in [-0.15, -0.1) is 0 Å². The molecule has 3 nitrogen and oxygen atoms in total. The van der Waals surface area contributed by atoms with Crippen LogP contribution in [0.2, 0.25) is 0 Å². The summed E-state index contributed by atoms with van der Waals surface area (Å²) in [4.78, 5) is 19.8. The summed E-state index contributed by atoms with van der Waals surface area (Å²) in [5.41, 5.74) is 4.31. The molecule has 0 atom stereocenters. The first-order valence-corrected chi connectivity index (χ1v) is 8.99. The Morgan fingerprint density at radius 1 is 0.920 bits per heavy atom. The largest absolute Gasteiger partial charge is 0.341 e. The standard InChI is InChI=1S/C22H24N2O/c1-2-19(25)15-9-10-16-20-23-21(17-11-5-3-6-12-17)22(24-20)18-13-7-4-8-14-18/h3-8,11-14H,2,9-10,15-16H2,1H3,(H,23,24). The van der Waals surface area contributed by atoms with Crippen molar-refractivity contribution in [1.29, 1.82) is 0 Å². The maximum absolute atomic E-state index is 11.4. The van der Waals surface area contributed by atoms with Crippen molar-refractivity contribution in [2.45, 2.75) is 39.0 Å². The highest BCUT2D eigenvalue weighted by Crippen LogP contribution is 2.30. The van der Waals surface area contributed by atoms with Gasteiger partial charge in [0.1, 0.15) is 11.6 Å². The summed E-state index contributed by atoms with van der Waals surface area (Å²) in [5, 5.41) is 0. The molecule has 3 aromatic rings. The Morgan fingerprint density at radius 3 is 2.20 bits per heavy atom. The number of rotatable bonds is 8. The molecule has 0 amide bonds. The Morgan fingerprint density at radius 2 is 1.56 bits per heavy atom. The van der Waals surface area contributed by atoms with E-state index in [-0.39, 0.29) is 0 Å². The van der Waals surface area contributed by atoms with Crippen LogP contribution >= 0.6 is 0 Å². The quantitative estimate of drug-likeness (QED) is 0.559. The van der Waals surface area contributed by atoms with Crippen LogP contribution in [0.25, 0.3) is 22.5 Å². The van der Waals surface area contributed by atoms with E-state index in [0.29, 0.717) is 18.6 Å². The summed E-state index contributed by atoms with van der Waals surface area (Å²) in [6.45, 7) is 1.92. The summed E-state index contributed by atoms with van der Waals surface area (Å²) in [7, 11) is 0. The number of hydrogen-bond acceptors (Lipinski definition) is 2. The van der Waals surface area contributed by atoms with Crippen molar-refractivity contribution in [3.05, 3.63) is 66.5 Å². The van der Waals surface area contributed by atoms with Gasteiger partial charge in [-0.1, -0.05) is 67.6 Å². The second-order valence-electron chi connectivity index (χ2n) is 6.24. The molecule has 128 valence electrons. The average molecular weight is 332 g/mol. The molecule has 0 fully saturated rings. The van der Waals surface area contributed by atoms with Crippen LogP contribution in [0.3, 0.4) is 0 Å². The van der Waals surface area contributed by atoms with Gasteiger partial charge in [-0.05, 0) is 12.8 Å². The Kier molecular flexibility index (Phi) is 5.78. The Balaban J connectivity index is 1.81. The highest BCUT2D eigenvalue weighted by atomic mass is 16.1. The first kappa shape index (κ1) is 17.2. The molecule has 2 aromatic carbocycles. The van der Waals surface area contributed by atoms with Gasteiger partial charge in [0.05, 0.1) is 11.4 Å². The number of H-pyrrole nitrogens is 1. The van der Waals surface area contributed by atoms with E-state index in [1.54, 1.807) is 0 Å². The zero-order valence-electron chi connectivity index (χ0n) is 14.7. The molecule has 1 heterocycles. The number of aryl methyl sites for hydroxylation is 1. The summed E-state index contributed by atoms with van der Waals surface area (Å²) in [6.07, 6.45) is 4.07. The van der Waals surface area contributed by atoms with E-state index >= 15 is 0 Å². The number of nitrogens with zero attached hydrogens (tertiary/aromatic N) is 1. The predicted octanol–water partition coefficient (Wildman–Crippen LogP) is 5.44. The minimum absolute atomic E-state index is 0.342. The zero-order chi connectivity index (χ0) is 17.5. The van der Waals surface area contributed by atoms with Gasteiger partial charge in [-0.3, -0.25) is 4.79 Å². The summed E-state index contributed by atoms with van der Waals surface area (Å²) >= 11 is 0. The van der Waals surface area contributed by atoms with Crippen LogP contribution < -0.4 is 0 Å². The fraction of sp³-hybridized carbons (Fsp3) is 0.273. The van der Waals surface area contributed by atoms with Crippen molar-refractivity contribution in [2.24, 2.45) is 0 Å². The molecule has 0 saturated heterocycles. The topological polar surface area (TPSA) is 45.8 Å². The normalized spacial score (nSPS) is 10.8. The van der Waals surface area contributed by atoms with Crippen LogP contribution in [-0.2, 0) is 11.2 Å². The van der Waals surface area contributed by atoms with Crippen LogP contribution in [0.15, 0.2) is 60.7 Å². The maximum atomic E-state index is 11.4. The molecule has 0 bridgehead atoms. The molecular weight excluding hydrogens is 308 g/mol. The van der Waals surface area contributed by atoms with Gasteiger partial charge in [0.15, 0.2) is 0 Å². The molecule has 25 heavy (non-hydrogen) atoms. The van der Waals surface area contributed by atoms with Crippen LogP contribution in [0, 0.1) is 0 Å². The molecule has 0 unspecified atom stereocenters. The molecule has 3 rings (SSSR count). The SMILES string of the molecule is CCC(=O)CCCCc1nc(-c2ccccc2)c(-c2ccccc2)[nH]1. The van der Waals surface area contributed by atoms with E-state index in [1.165, 1.54) is 0 Å². The van der Waals surface area contributed by atoms with E-state index in [9.17, 15) is 4.79 Å². The molecule has 0 aliphatic rings. The van der Waals surface area contributed by atoms with Gasteiger partial charge in [-0.2, -0.15) is 0 Å². The van der Waals surface area contributed by atoms with Gasteiger partial charge < -0.3 is 4.98 Å². The van der Waals surface area contributed by atoms with Crippen molar-refractivity contribution >= 4 is 5.78 Å². The number of Topliss-reactive ketones (excluding diaryl/α,β-unsaturated/α-hetero) is 1. The highest BCUT2D eigenvalue weighted by Gasteiger charge is 2.13. The summed E-state index contributed by atoms with van der Waals surface area (Å²) < 4.78 is 0. The Bertz CT molecular complexity index is 750. The number of benzene rings is 2. The van der Waals surface area contributed by atoms with E-state index in [4.69, 9.17) is 4.98 Å². The monoisotopic (exact) mass is 332 g/mol. The van der Waals surface area contributed by atoms with Crippen molar-refractivity contribution in [3.63, 3.8) is 0 Å². The molecule has 0 aliphatic heterocycles. The number of ketones is 1. The molecule has 1 N–H and O–H groups in total. The van der Waals surface area contributed by atoms with E-state index < -0.39 is 0 Å². The highest BCUT2D eigenvalue weighted by molar-refractivity contribution is 5.78. The van der Waals surface area contributed by atoms with Crippen LogP contribution in [-0.4, -0.2) is 15.8 Å². The minimum atomic E-state index is 0.342.